The van der Waals surface area contributed by atoms with E-state index in [1.807, 2.05) is 12.1 Å². The molecule has 0 saturated heterocycles. The molecule has 150 valence electrons. The van der Waals surface area contributed by atoms with Gasteiger partial charge < -0.3 is 14.2 Å². The number of rotatable bonds is 5. The Morgan fingerprint density at radius 2 is 1.70 bits per heavy atom. The number of hydrogen-bond acceptors (Lipinski definition) is 3. The zero-order valence-electron chi connectivity index (χ0n) is 18.0. The predicted octanol–water partition coefficient (Wildman–Crippen LogP) is 6.05. The standard InChI is InChI=1S/C24H36O3/c1-16-9-8-10-21-23(16,3)14-13-17(2)24(21,4)15-18-19(25-5)11-12-20(26-6)22(18)27-7/h11-12,17,21H,1,8-10,13-15H2,2-7H3/t17-,21+,23-,24+/m0/s1. The van der Waals surface area contributed by atoms with Crippen molar-refractivity contribution in [2.75, 3.05) is 21.3 Å². The average Bonchev–Trinajstić information content (AvgIpc) is 2.66. The summed E-state index contributed by atoms with van der Waals surface area (Å²) < 4.78 is 17.1. The van der Waals surface area contributed by atoms with Gasteiger partial charge in [-0.3, -0.25) is 0 Å². The molecule has 4 atom stereocenters. The van der Waals surface area contributed by atoms with E-state index in [4.69, 9.17) is 14.2 Å². The maximum Gasteiger partial charge on any atom is 0.167 e. The maximum absolute atomic E-state index is 5.79. The summed E-state index contributed by atoms with van der Waals surface area (Å²) in [6.07, 6.45) is 7.17. The molecular weight excluding hydrogens is 336 g/mol. The van der Waals surface area contributed by atoms with Crippen LogP contribution in [0.1, 0.15) is 58.4 Å². The molecule has 2 fully saturated rings. The number of methoxy groups -OCH3 is 3. The minimum Gasteiger partial charge on any atom is -0.496 e. The molecule has 0 radical (unpaired) electrons. The second kappa shape index (κ2) is 7.41. The van der Waals surface area contributed by atoms with Crippen LogP contribution < -0.4 is 14.2 Å². The smallest absolute Gasteiger partial charge is 0.167 e. The summed E-state index contributed by atoms with van der Waals surface area (Å²) in [5.41, 5.74) is 3.01. The van der Waals surface area contributed by atoms with Crippen LogP contribution in [0.2, 0.25) is 0 Å². The lowest BCUT2D eigenvalue weighted by atomic mass is 9.46. The van der Waals surface area contributed by atoms with Crippen molar-refractivity contribution >= 4 is 0 Å². The van der Waals surface area contributed by atoms with Gasteiger partial charge >= 0.3 is 0 Å². The van der Waals surface area contributed by atoms with Crippen molar-refractivity contribution in [1.82, 2.24) is 0 Å². The Morgan fingerprint density at radius 1 is 1.04 bits per heavy atom. The van der Waals surface area contributed by atoms with Crippen LogP contribution in [-0.2, 0) is 6.42 Å². The van der Waals surface area contributed by atoms with Crippen molar-refractivity contribution in [3.8, 4) is 17.2 Å². The molecule has 0 amide bonds. The van der Waals surface area contributed by atoms with E-state index in [1.165, 1.54) is 37.7 Å². The fourth-order valence-corrected chi connectivity index (χ4v) is 5.98. The zero-order valence-corrected chi connectivity index (χ0v) is 18.0. The van der Waals surface area contributed by atoms with Crippen LogP contribution in [-0.4, -0.2) is 21.3 Å². The molecule has 0 aromatic heterocycles. The number of fused-ring (bicyclic) bond motifs is 1. The minimum atomic E-state index is 0.170. The quantitative estimate of drug-likeness (QED) is 0.589. The van der Waals surface area contributed by atoms with Crippen molar-refractivity contribution in [2.45, 2.75) is 59.3 Å². The third-order valence-electron chi connectivity index (χ3n) is 7.95. The summed E-state index contributed by atoms with van der Waals surface area (Å²) >= 11 is 0. The molecule has 0 spiro atoms. The molecule has 0 heterocycles. The molecule has 3 heteroatoms. The van der Waals surface area contributed by atoms with Gasteiger partial charge in [-0.2, -0.15) is 0 Å². The van der Waals surface area contributed by atoms with Crippen LogP contribution >= 0.6 is 0 Å². The molecule has 3 nitrogen and oxygen atoms in total. The SMILES string of the molecule is C=C1CCC[C@H]2[C@](C)(Cc3c(OC)ccc(OC)c3OC)[C@@H](C)CC[C@@]12C. The summed E-state index contributed by atoms with van der Waals surface area (Å²) in [4.78, 5) is 0. The Morgan fingerprint density at radius 3 is 2.33 bits per heavy atom. The van der Waals surface area contributed by atoms with Gasteiger partial charge in [-0.15, -0.1) is 0 Å². The lowest BCUT2D eigenvalue weighted by molar-refractivity contribution is -0.0493. The van der Waals surface area contributed by atoms with Crippen LogP contribution in [0.25, 0.3) is 0 Å². The fraction of sp³-hybridized carbons (Fsp3) is 0.667. The zero-order chi connectivity index (χ0) is 19.8. The van der Waals surface area contributed by atoms with Crippen molar-refractivity contribution in [3.63, 3.8) is 0 Å². The van der Waals surface area contributed by atoms with E-state index in [9.17, 15) is 0 Å². The molecule has 0 bridgehead atoms. The van der Waals surface area contributed by atoms with E-state index in [1.54, 1.807) is 21.3 Å². The van der Waals surface area contributed by atoms with Gasteiger partial charge in [0.2, 0.25) is 0 Å². The molecule has 3 rings (SSSR count). The largest absolute Gasteiger partial charge is 0.496 e. The van der Waals surface area contributed by atoms with E-state index >= 15 is 0 Å². The van der Waals surface area contributed by atoms with Crippen LogP contribution in [0.15, 0.2) is 24.3 Å². The van der Waals surface area contributed by atoms with Crippen molar-refractivity contribution < 1.29 is 14.2 Å². The summed E-state index contributed by atoms with van der Waals surface area (Å²) in [5, 5.41) is 0. The Bertz CT molecular complexity index is 710. The van der Waals surface area contributed by atoms with Gasteiger partial charge in [0, 0.05) is 5.56 Å². The van der Waals surface area contributed by atoms with E-state index < -0.39 is 0 Å². The summed E-state index contributed by atoms with van der Waals surface area (Å²) in [6.45, 7) is 11.9. The van der Waals surface area contributed by atoms with Gasteiger partial charge in [0.1, 0.15) is 5.75 Å². The first-order valence-electron chi connectivity index (χ1n) is 10.3. The topological polar surface area (TPSA) is 27.7 Å². The summed E-state index contributed by atoms with van der Waals surface area (Å²) in [6, 6.07) is 3.94. The number of ether oxygens (including phenoxy) is 3. The highest BCUT2D eigenvalue weighted by Gasteiger charge is 2.54. The van der Waals surface area contributed by atoms with Gasteiger partial charge in [0.05, 0.1) is 21.3 Å². The first-order chi connectivity index (χ1) is 12.8. The second-order valence-electron chi connectivity index (χ2n) is 9.07. The molecule has 2 saturated carbocycles. The van der Waals surface area contributed by atoms with Gasteiger partial charge in [-0.05, 0) is 73.3 Å². The van der Waals surface area contributed by atoms with Gasteiger partial charge in [-0.25, -0.2) is 0 Å². The fourth-order valence-electron chi connectivity index (χ4n) is 5.98. The van der Waals surface area contributed by atoms with Crippen LogP contribution in [0.5, 0.6) is 17.2 Å². The molecule has 2 aliphatic rings. The second-order valence-corrected chi connectivity index (χ2v) is 9.07. The highest BCUT2D eigenvalue weighted by atomic mass is 16.5. The average molecular weight is 373 g/mol. The van der Waals surface area contributed by atoms with Gasteiger partial charge in [0.15, 0.2) is 11.5 Å². The molecule has 27 heavy (non-hydrogen) atoms. The molecule has 0 aliphatic heterocycles. The van der Waals surface area contributed by atoms with Crippen molar-refractivity contribution in [2.24, 2.45) is 22.7 Å². The van der Waals surface area contributed by atoms with Crippen LogP contribution in [0.4, 0.5) is 0 Å². The Hall–Kier alpha value is -1.64. The first-order valence-corrected chi connectivity index (χ1v) is 10.3. The molecule has 2 aliphatic carbocycles. The van der Waals surface area contributed by atoms with Crippen LogP contribution in [0.3, 0.4) is 0 Å². The van der Waals surface area contributed by atoms with Crippen molar-refractivity contribution in [3.05, 3.63) is 29.8 Å². The lowest BCUT2D eigenvalue weighted by Crippen LogP contribution is -2.51. The van der Waals surface area contributed by atoms with E-state index in [2.05, 4.69) is 27.4 Å². The Labute approximate surface area is 165 Å². The van der Waals surface area contributed by atoms with E-state index in [0.717, 1.165) is 29.2 Å². The molecular formula is C24H36O3. The number of allylic oxidation sites excluding steroid dienone is 1. The third kappa shape index (κ3) is 3.13. The normalized spacial score (nSPS) is 33.3. The molecule has 0 unspecified atom stereocenters. The first kappa shape index (κ1) is 20.1. The van der Waals surface area contributed by atoms with Crippen LogP contribution in [0, 0.1) is 22.7 Å². The predicted molar refractivity (Wildman–Crippen MR) is 111 cm³/mol. The third-order valence-corrected chi connectivity index (χ3v) is 7.95. The van der Waals surface area contributed by atoms with E-state index in [0.29, 0.717) is 11.8 Å². The molecule has 1 aromatic rings. The molecule has 1 aromatic carbocycles. The maximum atomic E-state index is 5.79. The van der Waals surface area contributed by atoms with Gasteiger partial charge in [-0.1, -0.05) is 32.9 Å². The summed E-state index contributed by atoms with van der Waals surface area (Å²) in [7, 11) is 5.16. The van der Waals surface area contributed by atoms with Gasteiger partial charge in [0.25, 0.3) is 0 Å². The Balaban J connectivity index is 2.08. The molecule has 0 N–H and O–H groups in total. The minimum absolute atomic E-state index is 0.170. The van der Waals surface area contributed by atoms with Crippen molar-refractivity contribution in [1.29, 1.82) is 0 Å². The summed E-state index contributed by atoms with van der Waals surface area (Å²) in [5.74, 6) is 3.75. The number of hydrogen-bond donors (Lipinski definition) is 0. The highest BCUT2D eigenvalue weighted by molar-refractivity contribution is 5.54. The highest BCUT2D eigenvalue weighted by Crippen LogP contribution is 2.63. The number of benzene rings is 1. The van der Waals surface area contributed by atoms with E-state index in [-0.39, 0.29) is 10.8 Å². The monoisotopic (exact) mass is 372 g/mol. The lowest BCUT2D eigenvalue weighted by Gasteiger charge is -2.59. The Kier molecular flexibility index (Phi) is 5.52.